The Morgan fingerprint density at radius 1 is 0.750 bits per heavy atom. The number of unbranched alkanes of at least 4 members (excludes halogenated alkanes) is 9. The van der Waals surface area contributed by atoms with Crippen LogP contribution in [0.25, 0.3) is 0 Å². The third kappa shape index (κ3) is 18.4. The van der Waals surface area contributed by atoms with Crippen LogP contribution in [0.5, 0.6) is 0 Å². The van der Waals surface area contributed by atoms with Gasteiger partial charge in [-0.05, 0) is 30.1 Å². The van der Waals surface area contributed by atoms with E-state index in [2.05, 4.69) is 34.7 Å². The molecule has 0 fully saturated rings. The van der Waals surface area contributed by atoms with Crippen molar-refractivity contribution in [3.63, 3.8) is 0 Å². The molecular formula is C17H33IO2. The van der Waals surface area contributed by atoms with Crippen LogP contribution in [0, 0.1) is 0 Å². The molecule has 0 bridgehead atoms. The van der Waals surface area contributed by atoms with Gasteiger partial charge in [-0.15, -0.1) is 0 Å². The fourth-order valence-corrected chi connectivity index (χ4v) is 2.66. The van der Waals surface area contributed by atoms with Crippen molar-refractivity contribution in [3.05, 3.63) is 12.2 Å². The normalized spacial score (nSPS) is 11.5. The van der Waals surface area contributed by atoms with E-state index in [0.29, 0.717) is 6.79 Å². The number of hydrogen-bond acceptors (Lipinski definition) is 2. The summed E-state index contributed by atoms with van der Waals surface area (Å²) in [6.45, 7) is 1.17. The lowest BCUT2D eigenvalue weighted by molar-refractivity contribution is -0.0285. The standard InChI is InChI=1S/C17H33IO2/c1-19-17-20-16-14-12-10-8-6-4-2-3-5-7-9-11-13-15-18/h10,12H,2-9,11,13-17H2,1H3. The van der Waals surface area contributed by atoms with E-state index in [0.717, 1.165) is 13.0 Å². The zero-order valence-corrected chi connectivity index (χ0v) is 15.4. The average molecular weight is 396 g/mol. The van der Waals surface area contributed by atoms with Gasteiger partial charge >= 0.3 is 0 Å². The summed E-state index contributed by atoms with van der Waals surface area (Å²) in [5.74, 6) is 0. The molecule has 3 heteroatoms. The molecule has 2 nitrogen and oxygen atoms in total. The molecular weight excluding hydrogens is 363 g/mol. The first-order valence-electron chi connectivity index (χ1n) is 8.19. The zero-order valence-electron chi connectivity index (χ0n) is 13.2. The molecule has 0 atom stereocenters. The lowest BCUT2D eigenvalue weighted by atomic mass is 10.1. The molecule has 0 aromatic carbocycles. The van der Waals surface area contributed by atoms with Gasteiger partial charge in [0.15, 0.2) is 0 Å². The van der Waals surface area contributed by atoms with Gasteiger partial charge in [-0.2, -0.15) is 0 Å². The second-order valence-electron chi connectivity index (χ2n) is 5.23. The van der Waals surface area contributed by atoms with Crippen LogP contribution in [0.4, 0.5) is 0 Å². The summed E-state index contributed by atoms with van der Waals surface area (Å²) in [5.41, 5.74) is 0. The minimum atomic E-state index is 0.409. The first kappa shape index (κ1) is 20.4. The summed E-state index contributed by atoms with van der Waals surface area (Å²) >= 11 is 2.47. The Kier molecular flexibility index (Phi) is 19.8. The van der Waals surface area contributed by atoms with Gasteiger partial charge < -0.3 is 9.47 Å². The van der Waals surface area contributed by atoms with E-state index < -0.39 is 0 Å². The van der Waals surface area contributed by atoms with Gasteiger partial charge in [0.05, 0.1) is 6.61 Å². The molecule has 0 aliphatic carbocycles. The van der Waals surface area contributed by atoms with Crippen molar-refractivity contribution in [3.8, 4) is 0 Å². The zero-order chi connectivity index (χ0) is 14.7. The van der Waals surface area contributed by atoms with Crippen molar-refractivity contribution in [2.75, 3.05) is 24.9 Å². The molecule has 0 unspecified atom stereocenters. The predicted octanol–water partition coefficient (Wildman–Crippen LogP) is 5.89. The summed E-state index contributed by atoms with van der Waals surface area (Å²) < 4.78 is 11.4. The second kappa shape index (κ2) is 19.4. The maximum atomic E-state index is 5.22. The van der Waals surface area contributed by atoms with Crippen LogP contribution in [0.15, 0.2) is 12.2 Å². The average Bonchev–Trinajstić information content (AvgIpc) is 2.47. The highest BCUT2D eigenvalue weighted by atomic mass is 127. The smallest absolute Gasteiger partial charge is 0.146 e. The highest BCUT2D eigenvalue weighted by Crippen LogP contribution is 2.11. The third-order valence-corrected chi connectivity index (χ3v) is 4.06. The topological polar surface area (TPSA) is 18.5 Å². The van der Waals surface area contributed by atoms with Crippen LogP contribution in [0.2, 0.25) is 0 Å². The van der Waals surface area contributed by atoms with E-state index >= 15 is 0 Å². The molecule has 0 N–H and O–H groups in total. The Bertz CT molecular complexity index is 195. The van der Waals surface area contributed by atoms with E-state index in [1.54, 1.807) is 7.11 Å². The third-order valence-electron chi connectivity index (χ3n) is 3.30. The predicted molar refractivity (Wildman–Crippen MR) is 96.6 cm³/mol. The van der Waals surface area contributed by atoms with Gasteiger partial charge in [0.25, 0.3) is 0 Å². The highest BCUT2D eigenvalue weighted by Gasteiger charge is 1.92. The summed E-state index contributed by atoms with van der Waals surface area (Å²) in [7, 11) is 1.65. The summed E-state index contributed by atoms with van der Waals surface area (Å²) in [6.07, 6.45) is 19.5. The SMILES string of the molecule is COCOCCC=CCCCCCCCCCCCI. The van der Waals surface area contributed by atoms with E-state index in [1.165, 1.54) is 68.6 Å². The number of halogens is 1. The van der Waals surface area contributed by atoms with Gasteiger partial charge in [0.2, 0.25) is 0 Å². The number of alkyl halides is 1. The molecule has 0 heterocycles. The molecule has 0 aromatic heterocycles. The maximum absolute atomic E-state index is 5.22. The Morgan fingerprint density at radius 2 is 1.30 bits per heavy atom. The fourth-order valence-electron chi connectivity index (χ4n) is 2.12. The molecule has 0 aliphatic rings. The maximum Gasteiger partial charge on any atom is 0.146 e. The summed E-state index contributed by atoms with van der Waals surface area (Å²) in [5, 5.41) is 0. The van der Waals surface area contributed by atoms with Gasteiger partial charge in [-0.1, -0.05) is 79.7 Å². The van der Waals surface area contributed by atoms with Gasteiger partial charge in [0, 0.05) is 7.11 Å². The minimum Gasteiger partial charge on any atom is -0.359 e. The van der Waals surface area contributed by atoms with Crippen molar-refractivity contribution >= 4 is 22.6 Å². The van der Waals surface area contributed by atoms with Crippen LogP contribution in [0.3, 0.4) is 0 Å². The lowest BCUT2D eigenvalue weighted by Crippen LogP contribution is -1.96. The minimum absolute atomic E-state index is 0.409. The molecule has 0 aromatic rings. The monoisotopic (exact) mass is 396 g/mol. The summed E-state index contributed by atoms with van der Waals surface area (Å²) in [6, 6.07) is 0. The van der Waals surface area contributed by atoms with Crippen LogP contribution in [-0.4, -0.2) is 24.9 Å². The number of rotatable bonds is 16. The van der Waals surface area contributed by atoms with E-state index in [-0.39, 0.29) is 0 Å². The van der Waals surface area contributed by atoms with Crippen molar-refractivity contribution in [1.29, 1.82) is 0 Å². The quantitative estimate of drug-likeness (QED) is 0.107. The molecule has 0 radical (unpaired) electrons. The van der Waals surface area contributed by atoms with Crippen molar-refractivity contribution in [1.82, 2.24) is 0 Å². The van der Waals surface area contributed by atoms with Crippen LogP contribution < -0.4 is 0 Å². The van der Waals surface area contributed by atoms with Crippen molar-refractivity contribution < 1.29 is 9.47 Å². The second-order valence-corrected chi connectivity index (χ2v) is 6.31. The first-order valence-corrected chi connectivity index (χ1v) is 9.72. The molecule has 0 spiro atoms. The van der Waals surface area contributed by atoms with Crippen LogP contribution >= 0.6 is 22.6 Å². The largest absolute Gasteiger partial charge is 0.359 e. The number of hydrogen-bond donors (Lipinski definition) is 0. The van der Waals surface area contributed by atoms with Crippen LogP contribution in [-0.2, 0) is 9.47 Å². The van der Waals surface area contributed by atoms with Crippen molar-refractivity contribution in [2.45, 2.75) is 70.6 Å². The number of allylic oxidation sites excluding steroid dienone is 1. The van der Waals surface area contributed by atoms with Crippen LogP contribution in [0.1, 0.15) is 70.6 Å². The van der Waals surface area contributed by atoms with E-state index in [9.17, 15) is 0 Å². The van der Waals surface area contributed by atoms with Gasteiger partial charge in [-0.3, -0.25) is 0 Å². The molecule has 0 aliphatic heterocycles. The van der Waals surface area contributed by atoms with E-state index in [4.69, 9.17) is 9.47 Å². The first-order chi connectivity index (χ1) is 9.91. The van der Waals surface area contributed by atoms with Crippen molar-refractivity contribution in [2.24, 2.45) is 0 Å². The summed E-state index contributed by atoms with van der Waals surface area (Å²) in [4.78, 5) is 0. The molecule has 0 rings (SSSR count). The lowest BCUT2D eigenvalue weighted by Gasteiger charge is -2.01. The molecule has 0 saturated carbocycles. The highest BCUT2D eigenvalue weighted by molar-refractivity contribution is 14.1. The Labute approximate surface area is 139 Å². The molecule has 120 valence electrons. The Hall–Kier alpha value is 0.390. The fraction of sp³-hybridized carbons (Fsp3) is 0.882. The molecule has 0 saturated heterocycles. The number of ether oxygens (including phenoxy) is 2. The van der Waals surface area contributed by atoms with E-state index in [1.807, 2.05) is 0 Å². The van der Waals surface area contributed by atoms with Gasteiger partial charge in [-0.25, -0.2) is 0 Å². The molecule has 0 amide bonds. The Balaban J connectivity index is 3.00. The molecule has 20 heavy (non-hydrogen) atoms. The Morgan fingerprint density at radius 3 is 1.90 bits per heavy atom. The number of methoxy groups -OCH3 is 1. The van der Waals surface area contributed by atoms with Gasteiger partial charge in [0.1, 0.15) is 6.79 Å².